The molecule has 0 bridgehead atoms. The van der Waals surface area contributed by atoms with E-state index in [0.717, 1.165) is 0 Å². The average molecular weight is 767 g/mol. The maximum absolute atomic E-state index is 2.89. The van der Waals surface area contributed by atoms with Gasteiger partial charge >= 0.3 is 0 Å². The summed E-state index contributed by atoms with van der Waals surface area (Å²) in [5.74, 6) is 0. The van der Waals surface area contributed by atoms with Crippen LogP contribution in [0, 0.1) is 6.92 Å². The van der Waals surface area contributed by atoms with Crippen LogP contribution < -0.4 is 26.2 Å². The van der Waals surface area contributed by atoms with Gasteiger partial charge in [0, 0.05) is 32.7 Å². The van der Waals surface area contributed by atoms with Gasteiger partial charge in [0.1, 0.15) is 0 Å². The molecule has 1 aromatic heterocycles. The zero-order valence-electron chi connectivity index (χ0n) is 36.4. The molecule has 2 nitrogen and oxygen atoms in total. The lowest BCUT2D eigenvalue weighted by molar-refractivity contribution is 0.195. The molecule has 0 amide bonds. The number of hydrogen-bond donors (Lipinski definition) is 0. The topological polar surface area (TPSA) is 6.48 Å². The SMILES string of the molecule is Cc1cc2c3c(c1)N1c4c(cc(C(C)(C)C)cc4C4(C)CCCCC14C)B3c1c(sc3ccc(C(C)(C)C)cc13)N2c1ccc(C(C)(C)C)cc1-c1ccccc1. The normalized spacial score (nSPS) is 21.1. The van der Waals surface area contributed by atoms with Crippen LogP contribution >= 0.6 is 11.3 Å². The van der Waals surface area contributed by atoms with E-state index < -0.39 is 0 Å². The Bertz CT molecular complexity index is 2650. The van der Waals surface area contributed by atoms with Gasteiger partial charge < -0.3 is 9.80 Å². The molecule has 1 saturated carbocycles. The van der Waals surface area contributed by atoms with Crippen molar-refractivity contribution >= 4 is 72.3 Å². The average Bonchev–Trinajstić information content (AvgIpc) is 3.62. The molecular formula is C53H59BN2S. The van der Waals surface area contributed by atoms with Gasteiger partial charge in [0.25, 0.3) is 6.71 Å². The van der Waals surface area contributed by atoms with E-state index in [9.17, 15) is 0 Å². The second-order valence-electron chi connectivity index (χ2n) is 21.5. The second kappa shape index (κ2) is 11.9. The zero-order valence-corrected chi connectivity index (χ0v) is 37.2. The van der Waals surface area contributed by atoms with E-state index in [2.05, 4.69) is 184 Å². The summed E-state index contributed by atoms with van der Waals surface area (Å²) in [5.41, 5.74) is 19.8. The highest BCUT2D eigenvalue weighted by atomic mass is 32.1. The number of hydrogen-bond acceptors (Lipinski definition) is 3. The molecule has 1 aliphatic carbocycles. The molecule has 4 aliphatic rings. The quantitative estimate of drug-likeness (QED) is 0.162. The van der Waals surface area contributed by atoms with Crippen LogP contribution in [0.5, 0.6) is 0 Å². The van der Waals surface area contributed by atoms with Crippen molar-refractivity contribution in [1.82, 2.24) is 0 Å². The predicted molar refractivity (Wildman–Crippen MR) is 250 cm³/mol. The molecular weight excluding hydrogens is 707 g/mol. The predicted octanol–water partition coefficient (Wildman–Crippen LogP) is 13.1. The number of nitrogens with zero attached hydrogens (tertiary/aromatic N) is 2. The lowest BCUT2D eigenvalue weighted by atomic mass is 9.33. The third kappa shape index (κ3) is 5.14. The molecule has 290 valence electrons. The molecule has 6 aromatic rings. The third-order valence-electron chi connectivity index (χ3n) is 14.7. The monoisotopic (exact) mass is 766 g/mol. The van der Waals surface area contributed by atoms with Gasteiger partial charge in [0.05, 0.1) is 16.2 Å². The Morgan fingerprint density at radius 1 is 0.632 bits per heavy atom. The summed E-state index contributed by atoms with van der Waals surface area (Å²) in [6.45, 7) is 29.0. The Balaban J connectivity index is 1.37. The van der Waals surface area contributed by atoms with E-state index in [-0.39, 0.29) is 33.9 Å². The van der Waals surface area contributed by atoms with Crippen LogP contribution in [0.3, 0.4) is 0 Å². The molecule has 1 fully saturated rings. The van der Waals surface area contributed by atoms with Crippen LogP contribution in [0.1, 0.15) is 130 Å². The van der Waals surface area contributed by atoms with Gasteiger partial charge in [-0.05, 0) is 128 Å². The van der Waals surface area contributed by atoms with Crippen LogP contribution in [-0.4, -0.2) is 12.3 Å². The molecule has 10 rings (SSSR count). The van der Waals surface area contributed by atoms with Crippen molar-refractivity contribution in [2.24, 2.45) is 0 Å². The number of fused-ring (bicyclic) bond motifs is 9. The molecule has 57 heavy (non-hydrogen) atoms. The number of aryl methyl sites for hydroxylation is 1. The largest absolute Gasteiger partial charge is 0.335 e. The summed E-state index contributed by atoms with van der Waals surface area (Å²) in [6, 6.07) is 36.2. The van der Waals surface area contributed by atoms with Crippen LogP contribution in [0.4, 0.5) is 27.8 Å². The van der Waals surface area contributed by atoms with Crippen molar-refractivity contribution in [2.45, 2.75) is 136 Å². The Hall–Kier alpha value is -4.28. The minimum atomic E-state index is -0.0177. The van der Waals surface area contributed by atoms with E-state index in [1.165, 1.54) is 113 Å². The highest BCUT2D eigenvalue weighted by Crippen LogP contribution is 2.62. The molecule has 2 unspecified atom stereocenters. The van der Waals surface area contributed by atoms with Crippen molar-refractivity contribution in [1.29, 1.82) is 0 Å². The number of anilines is 5. The van der Waals surface area contributed by atoms with Crippen molar-refractivity contribution in [3.63, 3.8) is 0 Å². The fraction of sp³-hybridized carbons (Fsp3) is 0.396. The van der Waals surface area contributed by atoms with Gasteiger partial charge in [0.15, 0.2) is 0 Å². The van der Waals surface area contributed by atoms with Crippen molar-refractivity contribution in [3.05, 3.63) is 119 Å². The fourth-order valence-corrected chi connectivity index (χ4v) is 12.4. The van der Waals surface area contributed by atoms with Crippen molar-refractivity contribution in [2.75, 3.05) is 9.80 Å². The van der Waals surface area contributed by atoms with E-state index >= 15 is 0 Å². The first-order valence-corrected chi connectivity index (χ1v) is 22.3. The number of thiophene rings is 1. The molecule has 5 aromatic carbocycles. The van der Waals surface area contributed by atoms with Crippen LogP contribution in [0.15, 0.2) is 91.0 Å². The summed E-state index contributed by atoms with van der Waals surface area (Å²) in [6.07, 6.45) is 5.00. The maximum atomic E-state index is 2.89. The first kappa shape index (κ1) is 37.0. The van der Waals surface area contributed by atoms with Gasteiger partial charge in [0.2, 0.25) is 0 Å². The van der Waals surface area contributed by atoms with E-state index in [1.54, 1.807) is 5.56 Å². The van der Waals surface area contributed by atoms with Gasteiger partial charge in [-0.25, -0.2) is 0 Å². The van der Waals surface area contributed by atoms with Crippen LogP contribution in [0.2, 0.25) is 0 Å². The van der Waals surface area contributed by atoms with E-state index in [0.29, 0.717) is 0 Å². The third-order valence-corrected chi connectivity index (χ3v) is 15.9. The Morgan fingerprint density at radius 2 is 1.28 bits per heavy atom. The van der Waals surface area contributed by atoms with Gasteiger partial charge in [-0.15, -0.1) is 11.3 Å². The van der Waals surface area contributed by atoms with Crippen LogP contribution in [-0.2, 0) is 21.7 Å². The Kier molecular flexibility index (Phi) is 7.73. The second-order valence-corrected chi connectivity index (χ2v) is 22.5. The molecule has 2 atom stereocenters. The van der Waals surface area contributed by atoms with Crippen molar-refractivity contribution < 1.29 is 0 Å². The first-order valence-electron chi connectivity index (χ1n) is 21.5. The summed E-state index contributed by atoms with van der Waals surface area (Å²) in [4.78, 5) is 5.59. The summed E-state index contributed by atoms with van der Waals surface area (Å²) < 4.78 is 1.37. The summed E-state index contributed by atoms with van der Waals surface area (Å²) in [7, 11) is 0. The minimum absolute atomic E-state index is 0.0177. The molecule has 3 aliphatic heterocycles. The standard InChI is InChI=1S/C53H59BN2S/c1-32-26-42-46-43(27-32)56-47-39(52(11)24-16-17-25-53(52,56)12)30-36(51(8,9)10)31-40(47)54(46)45-38-29-35(50(5,6)7)21-23-44(38)57-48(45)55(42)41-22-20-34(49(2,3)4)28-37(41)33-18-14-13-15-19-33/h13-15,18-23,26-31H,16-17,24-25H2,1-12H3. The van der Waals surface area contributed by atoms with Crippen molar-refractivity contribution in [3.8, 4) is 11.1 Å². The number of benzene rings is 5. The van der Waals surface area contributed by atoms with E-state index in [4.69, 9.17) is 0 Å². The lowest BCUT2D eigenvalue weighted by Gasteiger charge is -2.52. The zero-order chi connectivity index (χ0) is 40.2. The molecule has 0 N–H and O–H groups in total. The maximum Gasteiger partial charge on any atom is 0.254 e. The molecule has 4 heteroatoms. The molecule has 0 radical (unpaired) electrons. The lowest BCUT2D eigenvalue weighted by Crippen LogP contribution is -2.64. The van der Waals surface area contributed by atoms with E-state index in [1.807, 2.05) is 11.3 Å². The summed E-state index contributed by atoms with van der Waals surface area (Å²) in [5, 5.41) is 2.78. The highest BCUT2D eigenvalue weighted by molar-refractivity contribution is 7.26. The van der Waals surface area contributed by atoms with Gasteiger partial charge in [-0.1, -0.05) is 143 Å². The molecule has 0 spiro atoms. The Morgan fingerprint density at radius 3 is 1.98 bits per heavy atom. The van der Waals surface area contributed by atoms with Gasteiger partial charge in [-0.3, -0.25) is 0 Å². The van der Waals surface area contributed by atoms with Gasteiger partial charge in [-0.2, -0.15) is 0 Å². The number of rotatable bonds is 2. The smallest absolute Gasteiger partial charge is 0.254 e. The minimum Gasteiger partial charge on any atom is -0.335 e. The highest BCUT2D eigenvalue weighted by Gasteiger charge is 2.62. The Labute approximate surface area is 346 Å². The first-order chi connectivity index (χ1) is 26.8. The summed E-state index contributed by atoms with van der Waals surface area (Å²) >= 11 is 1.99. The molecule has 0 saturated heterocycles. The van der Waals surface area contributed by atoms with Crippen LogP contribution in [0.25, 0.3) is 21.2 Å². The fourth-order valence-electron chi connectivity index (χ4n) is 11.2. The molecule has 4 heterocycles.